The van der Waals surface area contributed by atoms with Gasteiger partial charge in [-0.3, -0.25) is 0 Å². The maximum Gasteiger partial charge on any atom is 0.200 e. The smallest absolute Gasteiger partial charge is 0.200 e. The van der Waals surface area contributed by atoms with Crippen molar-refractivity contribution in [3.8, 4) is 0 Å². The van der Waals surface area contributed by atoms with Gasteiger partial charge in [0, 0.05) is 0 Å². The molecule has 0 atom stereocenters. The zero-order valence-corrected chi connectivity index (χ0v) is 13.2. The standard InChI is InChI=1S/C17H18F5NO/c1-2-3-4-5-6-7-8-9-10-23-24-11-12-13(18)15(20)17(22)16(21)14(12)19/h6-10H,2-5,11H2,1H3/b7-6+,9-8+,23-10+. The number of allylic oxidation sites excluding steroid dienone is 4. The lowest BCUT2D eigenvalue weighted by molar-refractivity contribution is 0.124. The minimum Gasteiger partial charge on any atom is -0.391 e. The average molecular weight is 347 g/mol. The number of halogens is 5. The Kier molecular flexibility index (Phi) is 8.75. The first-order valence-electron chi connectivity index (χ1n) is 7.48. The van der Waals surface area contributed by atoms with Crippen LogP contribution in [-0.4, -0.2) is 6.21 Å². The molecule has 0 amide bonds. The molecular formula is C17H18F5NO. The van der Waals surface area contributed by atoms with Crippen LogP contribution in [0.4, 0.5) is 22.0 Å². The van der Waals surface area contributed by atoms with Gasteiger partial charge < -0.3 is 4.84 Å². The molecule has 0 spiro atoms. The molecule has 0 saturated heterocycles. The summed E-state index contributed by atoms with van der Waals surface area (Å²) in [5.74, 6) is -10.1. The molecule has 132 valence electrons. The van der Waals surface area contributed by atoms with Gasteiger partial charge in [-0.05, 0) is 18.9 Å². The van der Waals surface area contributed by atoms with Crippen molar-refractivity contribution in [2.75, 3.05) is 0 Å². The fraction of sp³-hybridized carbons (Fsp3) is 0.353. The Morgan fingerprint density at radius 1 is 0.833 bits per heavy atom. The molecule has 0 saturated carbocycles. The first kappa shape index (κ1) is 19.9. The van der Waals surface area contributed by atoms with Gasteiger partial charge >= 0.3 is 0 Å². The van der Waals surface area contributed by atoms with Crippen molar-refractivity contribution in [1.82, 2.24) is 0 Å². The van der Waals surface area contributed by atoms with Crippen molar-refractivity contribution in [3.05, 3.63) is 59.0 Å². The van der Waals surface area contributed by atoms with Crippen LogP contribution in [0.2, 0.25) is 0 Å². The van der Waals surface area contributed by atoms with Gasteiger partial charge in [0.15, 0.2) is 23.3 Å². The maximum absolute atomic E-state index is 13.3. The van der Waals surface area contributed by atoms with Gasteiger partial charge in [-0.25, -0.2) is 22.0 Å². The van der Waals surface area contributed by atoms with Crippen molar-refractivity contribution in [2.45, 2.75) is 39.2 Å². The predicted octanol–water partition coefficient (Wildman–Crippen LogP) is 5.58. The Morgan fingerprint density at radius 3 is 2.08 bits per heavy atom. The van der Waals surface area contributed by atoms with Crippen LogP contribution in [0, 0.1) is 29.1 Å². The highest BCUT2D eigenvalue weighted by Gasteiger charge is 2.25. The molecule has 24 heavy (non-hydrogen) atoms. The van der Waals surface area contributed by atoms with Gasteiger partial charge in [-0.15, -0.1) is 0 Å². The molecular weight excluding hydrogens is 329 g/mol. The Bertz CT molecular complexity index is 597. The molecule has 1 aromatic carbocycles. The average Bonchev–Trinajstić information content (AvgIpc) is 2.58. The first-order valence-corrected chi connectivity index (χ1v) is 7.48. The fourth-order valence-electron chi connectivity index (χ4n) is 1.76. The molecule has 7 heteroatoms. The van der Waals surface area contributed by atoms with E-state index in [0.29, 0.717) is 0 Å². The highest BCUT2D eigenvalue weighted by Crippen LogP contribution is 2.23. The van der Waals surface area contributed by atoms with Gasteiger partial charge in [0.2, 0.25) is 5.82 Å². The third-order valence-corrected chi connectivity index (χ3v) is 3.06. The van der Waals surface area contributed by atoms with Crippen LogP contribution >= 0.6 is 0 Å². The van der Waals surface area contributed by atoms with Crippen molar-refractivity contribution >= 4 is 6.21 Å². The Morgan fingerprint density at radius 2 is 1.46 bits per heavy atom. The summed E-state index contributed by atoms with van der Waals surface area (Å²) in [5, 5.41) is 3.36. The van der Waals surface area contributed by atoms with Gasteiger partial charge in [-0.2, -0.15) is 0 Å². The van der Waals surface area contributed by atoms with Crippen LogP contribution in [-0.2, 0) is 11.4 Å². The fourth-order valence-corrected chi connectivity index (χ4v) is 1.76. The molecule has 0 aliphatic carbocycles. The molecule has 1 aromatic rings. The lowest BCUT2D eigenvalue weighted by Crippen LogP contribution is -2.07. The van der Waals surface area contributed by atoms with Gasteiger partial charge in [0.1, 0.15) is 6.61 Å². The molecule has 0 aromatic heterocycles. The highest BCUT2D eigenvalue weighted by atomic mass is 19.2. The van der Waals surface area contributed by atoms with Crippen LogP contribution < -0.4 is 0 Å². The van der Waals surface area contributed by atoms with Crippen LogP contribution in [0.5, 0.6) is 0 Å². The molecule has 0 N–H and O–H groups in total. The summed E-state index contributed by atoms with van der Waals surface area (Å²) in [6, 6.07) is 0. The zero-order valence-electron chi connectivity index (χ0n) is 13.2. The Balaban J connectivity index is 2.48. The number of rotatable bonds is 9. The van der Waals surface area contributed by atoms with E-state index in [9.17, 15) is 22.0 Å². The number of oxime groups is 1. The van der Waals surface area contributed by atoms with E-state index in [1.165, 1.54) is 18.7 Å². The largest absolute Gasteiger partial charge is 0.391 e. The van der Waals surface area contributed by atoms with E-state index in [1.807, 2.05) is 12.2 Å². The molecule has 0 unspecified atom stereocenters. The Labute approximate surface area is 137 Å². The molecule has 0 radical (unpaired) electrons. The second-order valence-electron chi connectivity index (χ2n) is 4.89. The summed E-state index contributed by atoms with van der Waals surface area (Å²) in [6.45, 7) is 1.25. The topological polar surface area (TPSA) is 21.6 Å². The second kappa shape index (κ2) is 10.6. The van der Waals surface area contributed by atoms with E-state index in [4.69, 9.17) is 0 Å². The van der Waals surface area contributed by atoms with Gasteiger partial charge in [-0.1, -0.05) is 43.1 Å². The van der Waals surface area contributed by atoms with Crippen LogP contribution in [0.3, 0.4) is 0 Å². The molecule has 0 fully saturated rings. The normalized spacial score (nSPS) is 12.1. The minimum absolute atomic E-state index is 0.872. The van der Waals surface area contributed by atoms with E-state index in [0.717, 1.165) is 19.3 Å². The van der Waals surface area contributed by atoms with Crippen molar-refractivity contribution < 1.29 is 26.8 Å². The lowest BCUT2D eigenvalue weighted by atomic mass is 10.2. The third-order valence-electron chi connectivity index (χ3n) is 3.06. The SMILES string of the molecule is CCCCC/C=C/C=C/C=N/OCc1c(F)c(F)c(F)c(F)c1F. The lowest BCUT2D eigenvalue weighted by Gasteiger charge is -2.06. The summed E-state index contributed by atoms with van der Waals surface area (Å²) in [7, 11) is 0. The monoisotopic (exact) mass is 347 g/mol. The molecule has 0 bridgehead atoms. The van der Waals surface area contributed by atoms with Gasteiger partial charge in [0.25, 0.3) is 0 Å². The van der Waals surface area contributed by atoms with E-state index in [-0.39, 0.29) is 0 Å². The molecule has 0 aliphatic rings. The summed E-state index contributed by atoms with van der Waals surface area (Å²) in [4.78, 5) is 4.55. The number of nitrogens with zero attached hydrogens (tertiary/aromatic N) is 1. The second-order valence-corrected chi connectivity index (χ2v) is 4.89. The van der Waals surface area contributed by atoms with E-state index in [2.05, 4.69) is 16.9 Å². The zero-order chi connectivity index (χ0) is 17.9. The predicted molar refractivity (Wildman–Crippen MR) is 81.9 cm³/mol. The molecule has 2 nitrogen and oxygen atoms in total. The summed E-state index contributed by atoms with van der Waals surface area (Å²) in [6.07, 6.45) is 12.6. The summed E-state index contributed by atoms with van der Waals surface area (Å²) >= 11 is 0. The molecule has 1 rings (SSSR count). The Hall–Kier alpha value is -2.18. The van der Waals surface area contributed by atoms with E-state index < -0.39 is 41.3 Å². The van der Waals surface area contributed by atoms with Crippen LogP contribution in [0.1, 0.15) is 38.2 Å². The van der Waals surface area contributed by atoms with Crippen LogP contribution in [0.15, 0.2) is 29.5 Å². The van der Waals surface area contributed by atoms with Crippen molar-refractivity contribution in [2.24, 2.45) is 5.16 Å². The van der Waals surface area contributed by atoms with Crippen molar-refractivity contribution in [1.29, 1.82) is 0 Å². The maximum atomic E-state index is 13.3. The molecule has 0 aliphatic heterocycles. The minimum atomic E-state index is -2.20. The van der Waals surface area contributed by atoms with Gasteiger partial charge in [0.05, 0.1) is 11.8 Å². The number of unbranched alkanes of at least 4 members (excludes halogenated alkanes) is 3. The third kappa shape index (κ3) is 5.79. The summed E-state index contributed by atoms with van der Waals surface area (Å²) < 4.78 is 65.4. The highest BCUT2D eigenvalue weighted by molar-refractivity contribution is 5.70. The number of benzene rings is 1. The summed E-state index contributed by atoms with van der Waals surface area (Å²) in [5.41, 5.74) is -1.07. The number of hydrogen-bond donors (Lipinski definition) is 0. The van der Waals surface area contributed by atoms with E-state index >= 15 is 0 Å². The first-order chi connectivity index (χ1) is 11.5. The molecule has 0 heterocycles. The van der Waals surface area contributed by atoms with Crippen LogP contribution in [0.25, 0.3) is 0 Å². The van der Waals surface area contributed by atoms with Crippen molar-refractivity contribution in [3.63, 3.8) is 0 Å². The number of hydrogen-bond acceptors (Lipinski definition) is 2. The van der Waals surface area contributed by atoms with E-state index in [1.54, 1.807) is 6.08 Å². The quantitative estimate of drug-likeness (QED) is 0.109.